The summed E-state index contributed by atoms with van der Waals surface area (Å²) in [7, 11) is 0. The highest BCUT2D eigenvalue weighted by Gasteiger charge is 2.22. The third-order valence-corrected chi connectivity index (χ3v) is 3.47. The Kier molecular flexibility index (Phi) is 4.79. The van der Waals surface area contributed by atoms with E-state index in [0.717, 1.165) is 12.8 Å². The topological polar surface area (TPSA) is 58.2 Å². The van der Waals surface area contributed by atoms with E-state index in [4.69, 9.17) is 0 Å². The Morgan fingerprint density at radius 2 is 1.79 bits per heavy atom. The molecule has 0 heterocycles. The Balaban J connectivity index is 1.63. The van der Waals surface area contributed by atoms with Gasteiger partial charge in [0.25, 0.3) is 0 Å². The van der Waals surface area contributed by atoms with Crippen molar-refractivity contribution < 1.29 is 14.0 Å². The number of hydrogen-bond donors (Lipinski definition) is 2. The van der Waals surface area contributed by atoms with Crippen molar-refractivity contribution in [3.63, 3.8) is 0 Å². The van der Waals surface area contributed by atoms with E-state index in [1.165, 1.54) is 36.0 Å². The lowest BCUT2D eigenvalue weighted by Gasteiger charge is -2.05. The minimum Gasteiger partial charge on any atom is -0.353 e. The Bertz CT molecular complexity index is 460. The Hall–Kier alpha value is -1.56. The van der Waals surface area contributed by atoms with Gasteiger partial charge in [0.05, 0.1) is 11.5 Å². The van der Waals surface area contributed by atoms with Gasteiger partial charge in [-0.1, -0.05) is 0 Å². The molecule has 2 amide bonds. The highest BCUT2D eigenvalue weighted by atomic mass is 32.2. The Morgan fingerprint density at radius 3 is 2.42 bits per heavy atom. The van der Waals surface area contributed by atoms with Crippen molar-refractivity contribution >= 4 is 29.3 Å². The fraction of sp³-hybridized carbons (Fsp3) is 0.385. The molecule has 1 aliphatic carbocycles. The summed E-state index contributed by atoms with van der Waals surface area (Å²) in [4.78, 5) is 22.9. The fourth-order valence-corrected chi connectivity index (χ4v) is 2.09. The van der Waals surface area contributed by atoms with Crippen molar-refractivity contribution in [3.05, 3.63) is 30.1 Å². The van der Waals surface area contributed by atoms with Gasteiger partial charge in [0, 0.05) is 11.7 Å². The van der Waals surface area contributed by atoms with Crippen LogP contribution in [0.5, 0.6) is 0 Å². The second-order valence-corrected chi connectivity index (χ2v) is 5.38. The molecule has 0 radical (unpaired) electrons. The number of rotatable bonds is 6. The van der Waals surface area contributed by atoms with Crippen LogP contribution in [0.2, 0.25) is 0 Å². The molecular formula is C13H15FN2O2S. The summed E-state index contributed by atoms with van der Waals surface area (Å²) in [5.74, 6) is -0.0787. The van der Waals surface area contributed by atoms with E-state index in [2.05, 4.69) is 10.6 Å². The van der Waals surface area contributed by atoms with Crippen molar-refractivity contribution in [2.45, 2.75) is 18.9 Å². The van der Waals surface area contributed by atoms with Crippen LogP contribution in [-0.2, 0) is 9.59 Å². The zero-order valence-corrected chi connectivity index (χ0v) is 11.1. The summed E-state index contributed by atoms with van der Waals surface area (Å²) in [6.07, 6.45) is 2.11. The van der Waals surface area contributed by atoms with Gasteiger partial charge in [-0.25, -0.2) is 4.39 Å². The molecule has 102 valence electrons. The molecule has 1 aliphatic rings. The monoisotopic (exact) mass is 282 g/mol. The number of carbonyl (C=O) groups excluding carboxylic acids is 2. The molecule has 4 nitrogen and oxygen atoms in total. The molecule has 1 aromatic carbocycles. The van der Waals surface area contributed by atoms with Crippen LogP contribution in [0.3, 0.4) is 0 Å². The van der Waals surface area contributed by atoms with E-state index >= 15 is 0 Å². The molecule has 19 heavy (non-hydrogen) atoms. The van der Waals surface area contributed by atoms with E-state index < -0.39 is 0 Å². The van der Waals surface area contributed by atoms with Crippen LogP contribution < -0.4 is 10.6 Å². The lowest BCUT2D eigenvalue weighted by atomic mass is 10.3. The SMILES string of the molecule is O=C(CSCC(=O)NC1CC1)Nc1ccc(F)cc1. The van der Waals surface area contributed by atoms with Crippen LogP contribution in [-0.4, -0.2) is 29.4 Å². The molecule has 1 aromatic rings. The van der Waals surface area contributed by atoms with Gasteiger partial charge in [-0.15, -0.1) is 11.8 Å². The number of thioether (sulfide) groups is 1. The van der Waals surface area contributed by atoms with Gasteiger partial charge in [-0.3, -0.25) is 9.59 Å². The minimum atomic E-state index is -0.343. The van der Waals surface area contributed by atoms with Gasteiger partial charge in [-0.05, 0) is 37.1 Å². The third kappa shape index (κ3) is 5.30. The first-order valence-electron chi connectivity index (χ1n) is 6.06. The summed E-state index contributed by atoms with van der Waals surface area (Å²) in [6, 6.07) is 5.91. The van der Waals surface area contributed by atoms with Crippen molar-refractivity contribution in [1.29, 1.82) is 0 Å². The Morgan fingerprint density at radius 1 is 1.16 bits per heavy atom. The zero-order valence-electron chi connectivity index (χ0n) is 10.3. The van der Waals surface area contributed by atoms with E-state index in [9.17, 15) is 14.0 Å². The van der Waals surface area contributed by atoms with Crippen LogP contribution in [0.1, 0.15) is 12.8 Å². The molecule has 6 heteroatoms. The maximum Gasteiger partial charge on any atom is 0.234 e. The van der Waals surface area contributed by atoms with Crippen molar-refractivity contribution in [3.8, 4) is 0 Å². The zero-order chi connectivity index (χ0) is 13.7. The van der Waals surface area contributed by atoms with Gasteiger partial charge in [-0.2, -0.15) is 0 Å². The molecule has 0 bridgehead atoms. The third-order valence-electron chi connectivity index (χ3n) is 2.54. The number of anilines is 1. The lowest BCUT2D eigenvalue weighted by Crippen LogP contribution is -2.27. The number of halogens is 1. The number of hydrogen-bond acceptors (Lipinski definition) is 3. The number of carbonyl (C=O) groups is 2. The van der Waals surface area contributed by atoms with Crippen LogP contribution in [0, 0.1) is 5.82 Å². The van der Waals surface area contributed by atoms with E-state index in [1.807, 2.05) is 0 Å². The number of amides is 2. The second kappa shape index (κ2) is 6.56. The maximum atomic E-state index is 12.7. The quantitative estimate of drug-likeness (QED) is 0.836. The summed E-state index contributed by atoms with van der Waals surface area (Å²) in [6.45, 7) is 0. The Labute approximate surface area is 115 Å². The molecule has 2 rings (SSSR count). The molecule has 0 saturated heterocycles. The van der Waals surface area contributed by atoms with Crippen LogP contribution >= 0.6 is 11.8 Å². The van der Waals surface area contributed by atoms with E-state index in [0.29, 0.717) is 11.7 Å². The normalized spacial score (nSPS) is 13.9. The van der Waals surface area contributed by atoms with Gasteiger partial charge in [0.15, 0.2) is 0 Å². The van der Waals surface area contributed by atoms with Gasteiger partial charge in [0.2, 0.25) is 11.8 Å². The van der Waals surface area contributed by atoms with Gasteiger partial charge in [0.1, 0.15) is 5.82 Å². The van der Waals surface area contributed by atoms with E-state index in [-0.39, 0.29) is 29.1 Å². The first-order valence-corrected chi connectivity index (χ1v) is 7.21. The first kappa shape index (κ1) is 13.9. The van der Waals surface area contributed by atoms with E-state index in [1.54, 1.807) is 0 Å². The molecule has 0 unspecified atom stereocenters. The van der Waals surface area contributed by atoms with Crippen molar-refractivity contribution in [1.82, 2.24) is 5.32 Å². The van der Waals surface area contributed by atoms with Gasteiger partial charge >= 0.3 is 0 Å². The molecule has 0 aromatic heterocycles. The van der Waals surface area contributed by atoms with Crippen LogP contribution in [0.4, 0.5) is 10.1 Å². The summed E-state index contributed by atoms with van der Waals surface area (Å²) < 4.78 is 12.7. The molecular weight excluding hydrogens is 267 g/mol. The molecule has 0 aliphatic heterocycles. The molecule has 0 spiro atoms. The predicted molar refractivity (Wildman–Crippen MR) is 73.5 cm³/mol. The number of nitrogens with one attached hydrogen (secondary N) is 2. The highest BCUT2D eigenvalue weighted by molar-refractivity contribution is 8.00. The largest absolute Gasteiger partial charge is 0.353 e. The van der Waals surface area contributed by atoms with Crippen LogP contribution in [0.15, 0.2) is 24.3 Å². The molecule has 1 saturated carbocycles. The predicted octanol–water partition coefficient (Wildman–Crippen LogP) is 1.78. The van der Waals surface area contributed by atoms with Crippen molar-refractivity contribution in [2.24, 2.45) is 0 Å². The lowest BCUT2D eigenvalue weighted by molar-refractivity contribution is -0.118. The average Bonchev–Trinajstić information content (AvgIpc) is 3.16. The smallest absolute Gasteiger partial charge is 0.234 e. The minimum absolute atomic E-state index is 0.0258. The fourth-order valence-electron chi connectivity index (χ4n) is 1.46. The van der Waals surface area contributed by atoms with Gasteiger partial charge < -0.3 is 10.6 Å². The molecule has 0 atom stereocenters. The highest BCUT2D eigenvalue weighted by Crippen LogP contribution is 2.18. The standard InChI is InChI=1S/C13H15FN2O2S/c14-9-1-3-10(4-2-9)15-12(17)7-19-8-13(18)16-11-5-6-11/h1-4,11H,5-8H2,(H,15,17)(H,16,18). The first-order chi connectivity index (χ1) is 9.13. The summed E-state index contributed by atoms with van der Waals surface area (Å²) in [5, 5.41) is 5.49. The second-order valence-electron chi connectivity index (χ2n) is 4.39. The maximum absolute atomic E-state index is 12.7. The molecule has 2 N–H and O–H groups in total. The summed E-state index contributed by atoms with van der Waals surface area (Å²) in [5.41, 5.74) is 0.550. The van der Waals surface area contributed by atoms with Crippen molar-refractivity contribution in [2.75, 3.05) is 16.8 Å². The molecule has 1 fully saturated rings. The number of benzene rings is 1. The van der Waals surface area contributed by atoms with Crippen LogP contribution in [0.25, 0.3) is 0 Å². The average molecular weight is 282 g/mol. The summed E-state index contributed by atoms with van der Waals surface area (Å²) >= 11 is 1.26.